The number of fused-ring (bicyclic) bond motifs is 1. The molecule has 18 heavy (non-hydrogen) atoms. The minimum atomic E-state index is -0.0434. The highest BCUT2D eigenvalue weighted by molar-refractivity contribution is 7.03. The Kier molecular flexibility index (Phi) is 3.06. The van der Waals surface area contributed by atoms with Gasteiger partial charge in [-0.2, -0.15) is 0 Å². The maximum absolute atomic E-state index is 12.4. The van der Waals surface area contributed by atoms with Crippen LogP contribution in [0.5, 0.6) is 0 Å². The Bertz CT molecular complexity index is 553. The summed E-state index contributed by atoms with van der Waals surface area (Å²) in [5.74, 6) is -0.0434. The van der Waals surface area contributed by atoms with Crippen LogP contribution in [0.1, 0.15) is 28.9 Å². The number of benzene rings is 1. The molecule has 0 fully saturated rings. The Morgan fingerprint density at radius 3 is 3.00 bits per heavy atom. The van der Waals surface area contributed by atoms with Gasteiger partial charge >= 0.3 is 0 Å². The third-order valence-corrected chi connectivity index (χ3v) is 3.69. The zero-order chi connectivity index (χ0) is 12.4. The Labute approximate surface area is 109 Å². The van der Waals surface area contributed by atoms with Crippen LogP contribution in [0.15, 0.2) is 29.6 Å². The van der Waals surface area contributed by atoms with E-state index in [9.17, 15) is 4.79 Å². The predicted molar refractivity (Wildman–Crippen MR) is 71.0 cm³/mol. The maximum atomic E-state index is 12.4. The maximum Gasteiger partial charge on any atom is 0.279 e. The quantitative estimate of drug-likeness (QED) is 0.790. The Hall–Kier alpha value is -1.75. The first kappa shape index (κ1) is 11.3. The molecule has 0 N–H and O–H groups in total. The van der Waals surface area contributed by atoms with Gasteiger partial charge in [0.1, 0.15) is 0 Å². The first-order valence-electron chi connectivity index (χ1n) is 6.03. The monoisotopic (exact) mass is 259 g/mol. The van der Waals surface area contributed by atoms with Crippen molar-refractivity contribution in [2.75, 3.05) is 11.4 Å². The third kappa shape index (κ3) is 2.01. The second kappa shape index (κ2) is 4.86. The third-order valence-electron chi connectivity index (χ3n) is 3.18. The number of aromatic nitrogens is 2. The smallest absolute Gasteiger partial charge is 0.279 e. The molecular weight excluding hydrogens is 246 g/mol. The van der Waals surface area contributed by atoms with Crippen molar-refractivity contribution in [3.05, 3.63) is 40.9 Å². The van der Waals surface area contributed by atoms with Crippen molar-refractivity contribution in [2.45, 2.75) is 19.3 Å². The first-order chi connectivity index (χ1) is 8.86. The second-order valence-corrected chi connectivity index (χ2v) is 4.94. The van der Waals surface area contributed by atoms with Crippen molar-refractivity contribution in [3.8, 4) is 0 Å². The summed E-state index contributed by atoms with van der Waals surface area (Å²) in [5.41, 5.74) is 2.70. The zero-order valence-corrected chi connectivity index (χ0v) is 10.7. The SMILES string of the molecule is O=C(c1csnn1)N1CCCCc2ccccc21. The Morgan fingerprint density at radius 2 is 2.17 bits per heavy atom. The molecule has 2 heterocycles. The molecule has 2 aromatic rings. The number of carbonyl (C=O) groups is 1. The number of para-hydroxylation sites is 1. The first-order valence-corrected chi connectivity index (χ1v) is 6.87. The molecule has 0 bridgehead atoms. The average molecular weight is 259 g/mol. The molecule has 5 heteroatoms. The molecule has 0 saturated carbocycles. The van der Waals surface area contributed by atoms with Crippen LogP contribution in [-0.2, 0) is 6.42 Å². The molecule has 0 spiro atoms. The molecule has 3 rings (SSSR count). The van der Waals surface area contributed by atoms with Gasteiger partial charge in [-0.3, -0.25) is 4.79 Å². The molecule has 1 aromatic carbocycles. The molecule has 0 atom stereocenters. The van der Waals surface area contributed by atoms with E-state index in [0.29, 0.717) is 5.69 Å². The second-order valence-electron chi connectivity index (χ2n) is 4.33. The Morgan fingerprint density at radius 1 is 1.28 bits per heavy atom. The van der Waals surface area contributed by atoms with Crippen molar-refractivity contribution in [1.82, 2.24) is 9.59 Å². The molecule has 0 unspecified atom stereocenters. The highest BCUT2D eigenvalue weighted by Crippen LogP contribution is 2.27. The van der Waals surface area contributed by atoms with Crippen molar-refractivity contribution < 1.29 is 4.79 Å². The minimum absolute atomic E-state index is 0.0434. The molecule has 1 amide bonds. The topological polar surface area (TPSA) is 46.1 Å². The van der Waals surface area contributed by atoms with Gasteiger partial charge in [-0.1, -0.05) is 22.7 Å². The van der Waals surface area contributed by atoms with Crippen LogP contribution in [0.25, 0.3) is 0 Å². The summed E-state index contributed by atoms with van der Waals surface area (Å²) in [6.07, 6.45) is 3.18. The fraction of sp³-hybridized carbons (Fsp3) is 0.308. The molecule has 1 aromatic heterocycles. The molecular formula is C13H13N3OS. The van der Waals surface area contributed by atoms with Crippen LogP contribution >= 0.6 is 11.5 Å². The minimum Gasteiger partial charge on any atom is -0.307 e. The van der Waals surface area contributed by atoms with E-state index < -0.39 is 0 Å². The number of amides is 1. The van der Waals surface area contributed by atoms with Crippen molar-refractivity contribution in [1.29, 1.82) is 0 Å². The van der Waals surface area contributed by atoms with Crippen LogP contribution in [0.4, 0.5) is 5.69 Å². The Balaban J connectivity index is 1.99. The summed E-state index contributed by atoms with van der Waals surface area (Å²) < 4.78 is 3.76. The molecule has 4 nitrogen and oxygen atoms in total. The predicted octanol–water partition coefficient (Wildman–Crippen LogP) is 2.52. The molecule has 1 aliphatic rings. The number of nitrogens with zero attached hydrogens (tertiary/aromatic N) is 3. The van der Waals surface area contributed by atoms with Gasteiger partial charge in [0.05, 0.1) is 0 Å². The van der Waals surface area contributed by atoms with Gasteiger partial charge in [-0.15, -0.1) is 5.10 Å². The van der Waals surface area contributed by atoms with E-state index >= 15 is 0 Å². The van der Waals surface area contributed by atoms with Gasteiger partial charge in [0.25, 0.3) is 5.91 Å². The highest BCUT2D eigenvalue weighted by atomic mass is 32.1. The fourth-order valence-corrected chi connectivity index (χ4v) is 2.73. The summed E-state index contributed by atoms with van der Waals surface area (Å²) in [5, 5.41) is 5.58. The van der Waals surface area contributed by atoms with Crippen molar-refractivity contribution in [2.24, 2.45) is 0 Å². The van der Waals surface area contributed by atoms with Crippen LogP contribution in [0.3, 0.4) is 0 Å². The lowest BCUT2D eigenvalue weighted by atomic mass is 10.1. The number of rotatable bonds is 1. The van der Waals surface area contributed by atoms with Gasteiger partial charge in [-0.25, -0.2) is 0 Å². The summed E-state index contributed by atoms with van der Waals surface area (Å²) in [6, 6.07) is 8.11. The van der Waals surface area contributed by atoms with Gasteiger partial charge in [-0.05, 0) is 42.4 Å². The van der Waals surface area contributed by atoms with E-state index in [4.69, 9.17) is 0 Å². The lowest BCUT2D eigenvalue weighted by Crippen LogP contribution is -2.32. The number of hydrogen-bond donors (Lipinski definition) is 0. The molecule has 1 aliphatic heterocycles. The summed E-state index contributed by atoms with van der Waals surface area (Å²) in [7, 11) is 0. The number of anilines is 1. The van der Waals surface area contributed by atoms with E-state index in [1.54, 1.807) is 5.38 Å². The van der Waals surface area contributed by atoms with E-state index in [1.165, 1.54) is 17.1 Å². The van der Waals surface area contributed by atoms with Crippen molar-refractivity contribution in [3.63, 3.8) is 0 Å². The molecule has 0 saturated heterocycles. The van der Waals surface area contributed by atoms with E-state index in [0.717, 1.165) is 31.5 Å². The lowest BCUT2D eigenvalue weighted by molar-refractivity contribution is 0.0982. The standard InChI is InChI=1S/C13H13N3OS/c17-13(11-9-18-15-14-11)16-8-4-3-6-10-5-1-2-7-12(10)16/h1-2,5,7,9H,3-4,6,8H2. The largest absolute Gasteiger partial charge is 0.307 e. The van der Waals surface area contributed by atoms with Crippen molar-refractivity contribution >= 4 is 23.1 Å². The van der Waals surface area contributed by atoms with Crippen LogP contribution in [0, 0.1) is 0 Å². The fourth-order valence-electron chi connectivity index (χ4n) is 2.30. The highest BCUT2D eigenvalue weighted by Gasteiger charge is 2.23. The molecule has 0 aliphatic carbocycles. The van der Waals surface area contributed by atoms with Gasteiger partial charge in [0, 0.05) is 17.6 Å². The summed E-state index contributed by atoms with van der Waals surface area (Å²) in [4.78, 5) is 14.2. The van der Waals surface area contributed by atoms with Gasteiger partial charge in [0.15, 0.2) is 5.69 Å². The molecule has 92 valence electrons. The van der Waals surface area contributed by atoms with E-state index in [2.05, 4.69) is 15.7 Å². The number of hydrogen-bond acceptors (Lipinski definition) is 4. The lowest BCUT2D eigenvalue weighted by Gasteiger charge is -2.21. The average Bonchev–Trinajstić information content (AvgIpc) is 2.85. The van der Waals surface area contributed by atoms with Crippen LogP contribution < -0.4 is 4.90 Å². The summed E-state index contributed by atoms with van der Waals surface area (Å²) in [6.45, 7) is 0.757. The zero-order valence-electron chi connectivity index (χ0n) is 9.87. The van der Waals surface area contributed by atoms with Gasteiger partial charge in [0.2, 0.25) is 0 Å². The number of carbonyl (C=O) groups excluding carboxylic acids is 1. The molecule has 0 radical (unpaired) electrons. The number of aryl methyl sites for hydroxylation is 1. The summed E-state index contributed by atoms with van der Waals surface area (Å²) >= 11 is 1.21. The van der Waals surface area contributed by atoms with E-state index in [-0.39, 0.29) is 5.91 Å². The normalized spacial score (nSPS) is 15.0. The van der Waals surface area contributed by atoms with Crippen LogP contribution in [-0.4, -0.2) is 22.0 Å². The van der Waals surface area contributed by atoms with Gasteiger partial charge < -0.3 is 4.90 Å². The van der Waals surface area contributed by atoms with Crippen LogP contribution in [0.2, 0.25) is 0 Å². The van der Waals surface area contributed by atoms with E-state index in [1.807, 2.05) is 23.1 Å².